The Kier molecular flexibility index (Phi) is 11.3. The minimum absolute atomic E-state index is 0.0558. The summed E-state index contributed by atoms with van der Waals surface area (Å²) >= 11 is 0. The van der Waals surface area contributed by atoms with E-state index in [0.717, 1.165) is 0 Å². The van der Waals surface area contributed by atoms with Crippen molar-refractivity contribution < 1.29 is 18.8 Å². The molecule has 0 spiro atoms. The molecule has 3 amide bonds. The first-order chi connectivity index (χ1) is 17.5. The normalized spacial score (nSPS) is 13.9. The number of nitrogens with zero attached hydrogens (tertiary/aromatic N) is 1. The van der Waals surface area contributed by atoms with Gasteiger partial charge in [-0.3, -0.25) is 14.4 Å². The van der Waals surface area contributed by atoms with Crippen LogP contribution in [-0.4, -0.2) is 47.3 Å². The maximum atomic E-state index is 14.0. The van der Waals surface area contributed by atoms with E-state index in [0.29, 0.717) is 48.8 Å². The highest BCUT2D eigenvalue weighted by atomic mass is 16.4. The molecule has 0 aliphatic heterocycles. The molecule has 7 N–H and O–H groups in total. The lowest BCUT2D eigenvalue weighted by Crippen LogP contribution is -2.57. The number of nitrogens with two attached hydrogens (primary N) is 3. The molecule has 0 fully saturated rings. The molecule has 2 rings (SSSR count). The Morgan fingerprint density at radius 2 is 1.76 bits per heavy atom. The third kappa shape index (κ3) is 8.40. The summed E-state index contributed by atoms with van der Waals surface area (Å²) < 4.78 is 5.30. The molecular weight excluding hydrogens is 474 g/mol. The fourth-order valence-electron chi connectivity index (χ4n) is 4.23. The van der Waals surface area contributed by atoms with E-state index >= 15 is 0 Å². The first-order valence-electron chi connectivity index (χ1n) is 12.8. The molecule has 1 aromatic carbocycles. The molecule has 0 radical (unpaired) electrons. The molecule has 1 aromatic heterocycles. The number of benzene rings is 1. The van der Waals surface area contributed by atoms with Crippen LogP contribution in [0.2, 0.25) is 0 Å². The van der Waals surface area contributed by atoms with Crippen LogP contribution in [0.25, 0.3) is 11.0 Å². The average Bonchev–Trinajstić information content (AvgIpc) is 2.83. The van der Waals surface area contributed by atoms with E-state index in [4.69, 9.17) is 21.6 Å². The zero-order valence-electron chi connectivity index (χ0n) is 22.2. The second-order valence-electron chi connectivity index (χ2n) is 10.2. The molecular formula is C27H41N5O5. The smallest absolute Gasteiger partial charge is 0.336 e. The molecule has 0 saturated heterocycles. The molecule has 0 aliphatic rings. The molecule has 0 aliphatic carbocycles. The molecule has 204 valence electrons. The summed E-state index contributed by atoms with van der Waals surface area (Å²) in [5.41, 5.74) is 17.8. The quantitative estimate of drug-likeness (QED) is 0.218. The van der Waals surface area contributed by atoms with Crippen LogP contribution >= 0.6 is 0 Å². The summed E-state index contributed by atoms with van der Waals surface area (Å²) in [6, 6.07) is 5.59. The van der Waals surface area contributed by atoms with Gasteiger partial charge in [0.2, 0.25) is 17.7 Å². The Labute approximate surface area is 217 Å². The standard InChI is InChI=1S/C27H41N5O5/c1-16(2)13-20(31-26(35)24(29)17(3)4)27(36)32(21(25(30)34)10-7-8-12-28)15-18-14-23(33)37-22-11-6-5-9-19(18)22/h5-6,9,11,14,16-17,20-21,24H,7-8,10,12-13,15,28-29H2,1-4H3,(H2,30,34)(H,31,35)/t20-,21-,24+/m0/s1. The average molecular weight is 516 g/mol. The van der Waals surface area contributed by atoms with Crippen molar-refractivity contribution in [2.75, 3.05) is 6.54 Å². The van der Waals surface area contributed by atoms with Gasteiger partial charge >= 0.3 is 5.63 Å². The number of hydrogen-bond acceptors (Lipinski definition) is 7. The highest BCUT2D eigenvalue weighted by molar-refractivity contribution is 5.93. The predicted octanol–water partition coefficient (Wildman–Crippen LogP) is 1.62. The molecule has 1 heterocycles. The fraction of sp³-hybridized carbons (Fsp3) is 0.556. The summed E-state index contributed by atoms with van der Waals surface area (Å²) in [5, 5.41) is 3.43. The number of fused-ring (bicyclic) bond motifs is 1. The van der Waals surface area contributed by atoms with Gasteiger partial charge < -0.3 is 31.8 Å². The molecule has 37 heavy (non-hydrogen) atoms. The van der Waals surface area contributed by atoms with Crippen LogP contribution in [0.5, 0.6) is 0 Å². The van der Waals surface area contributed by atoms with Gasteiger partial charge in [-0.25, -0.2) is 4.79 Å². The first-order valence-corrected chi connectivity index (χ1v) is 12.8. The van der Waals surface area contributed by atoms with Gasteiger partial charge in [-0.15, -0.1) is 0 Å². The molecule has 0 bridgehead atoms. The van der Waals surface area contributed by atoms with Crippen molar-refractivity contribution >= 4 is 28.7 Å². The van der Waals surface area contributed by atoms with E-state index in [9.17, 15) is 19.2 Å². The number of hydrogen-bond donors (Lipinski definition) is 4. The number of amides is 3. The van der Waals surface area contributed by atoms with Gasteiger partial charge in [0.1, 0.15) is 17.7 Å². The number of rotatable bonds is 14. The van der Waals surface area contributed by atoms with Crippen LogP contribution in [0.4, 0.5) is 0 Å². The van der Waals surface area contributed by atoms with Crippen LogP contribution in [0.15, 0.2) is 39.5 Å². The summed E-state index contributed by atoms with van der Waals surface area (Å²) in [7, 11) is 0. The van der Waals surface area contributed by atoms with E-state index in [1.54, 1.807) is 24.3 Å². The SMILES string of the molecule is CC(C)C[C@H](NC(=O)[C@H](N)C(C)C)C(=O)N(Cc1cc(=O)oc2ccccc12)[C@@H](CCCCN)C(N)=O. The third-order valence-corrected chi connectivity index (χ3v) is 6.34. The Bertz CT molecular complexity index is 1130. The number of carbonyl (C=O) groups excluding carboxylic acids is 3. The molecule has 2 aromatic rings. The number of carbonyl (C=O) groups is 3. The van der Waals surface area contributed by atoms with Crippen LogP contribution in [0, 0.1) is 11.8 Å². The molecule has 0 unspecified atom stereocenters. The van der Waals surface area contributed by atoms with Crippen molar-refractivity contribution in [1.82, 2.24) is 10.2 Å². The van der Waals surface area contributed by atoms with E-state index < -0.39 is 41.5 Å². The third-order valence-electron chi connectivity index (χ3n) is 6.34. The minimum Gasteiger partial charge on any atom is -0.423 e. The first kappa shape index (κ1) is 30.0. The van der Waals surface area contributed by atoms with Crippen molar-refractivity contribution in [1.29, 1.82) is 0 Å². The predicted molar refractivity (Wildman–Crippen MR) is 143 cm³/mol. The van der Waals surface area contributed by atoms with Crippen molar-refractivity contribution in [2.24, 2.45) is 29.0 Å². The fourth-order valence-corrected chi connectivity index (χ4v) is 4.23. The number of primary amides is 1. The topological polar surface area (TPSA) is 175 Å². The lowest BCUT2D eigenvalue weighted by molar-refractivity contribution is -0.144. The zero-order chi connectivity index (χ0) is 27.7. The van der Waals surface area contributed by atoms with E-state index in [2.05, 4.69) is 5.32 Å². The van der Waals surface area contributed by atoms with Crippen molar-refractivity contribution in [3.63, 3.8) is 0 Å². The van der Waals surface area contributed by atoms with Gasteiger partial charge in [0.25, 0.3) is 0 Å². The van der Waals surface area contributed by atoms with Crippen molar-refractivity contribution in [3.05, 3.63) is 46.3 Å². The van der Waals surface area contributed by atoms with Gasteiger partial charge in [0.05, 0.1) is 6.04 Å². The van der Waals surface area contributed by atoms with Gasteiger partial charge in [-0.2, -0.15) is 0 Å². The second kappa shape index (κ2) is 13.9. The number of para-hydroxylation sites is 1. The lowest BCUT2D eigenvalue weighted by Gasteiger charge is -2.34. The minimum atomic E-state index is -0.963. The molecule has 10 heteroatoms. The van der Waals surface area contributed by atoms with Crippen LogP contribution in [0.1, 0.15) is 58.9 Å². The van der Waals surface area contributed by atoms with E-state index in [-0.39, 0.29) is 18.4 Å². The van der Waals surface area contributed by atoms with Crippen LogP contribution in [0.3, 0.4) is 0 Å². The van der Waals surface area contributed by atoms with Gasteiger partial charge in [-0.05, 0) is 55.7 Å². The molecule has 10 nitrogen and oxygen atoms in total. The molecule has 0 saturated carbocycles. The second-order valence-corrected chi connectivity index (χ2v) is 10.2. The highest BCUT2D eigenvalue weighted by Crippen LogP contribution is 2.22. The Morgan fingerprint density at radius 1 is 1.08 bits per heavy atom. The maximum absolute atomic E-state index is 14.0. The summed E-state index contributed by atoms with van der Waals surface area (Å²) in [6.07, 6.45) is 1.85. The molecule has 3 atom stereocenters. The largest absolute Gasteiger partial charge is 0.423 e. The Morgan fingerprint density at radius 3 is 2.35 bits per heavy atom. The Balaban J connectivity index is 2.55. The number of nitrogens with one attached hydrogen (secondary N) is 1. The monoisotopic (exact) mass is 515 g/mol. The summed E-state index contributed by atoms with van der Waals surface area (Å²) in [6.45, 7) is 7.87. The maximum Gasteiger partial charge on any atom is 0.336 e. The lowest BCUT2D eigenvalue weighted by atomic mass is 9.98. The van der Waals surface area contributed by atoms with Crippen molar-refractivity contribution in [2.45, 2.75) is 78.0 Å². The highest BCUT2D eigenvalue weighted by Gasteiger charge is 2.35. The van der Waals surface area contributed by atoms with Gasteiger partial charge in [-0.1, -0.05) is 45.9 Å². The summed E-state index contributed by atoms with van der Waals surface area (Å²) in [5.74, 6) is -1.66. The van der Waals surface area contributed by atoms with Gasteiger partial charge in [0.15, 0.2) is 0 Å². The van der Waals surface area contributed by atoms with Crippen LogP contribution in [-0.2, 0) is 20.9 Å². The van der Waals surface area contributed by atoms with Crippen LogP contribution < -0.4 is 28.1 Å². The van der Waals surface area contributed by atoms with Crippen molar-refractivity contribution in [3.8, 4) is 0 Å². The number of unbranched alkanes of at least 4 members (excludes halogenated alkanes) is 1. The van der Waals surface area contributed by atoms with Gasteiger partial charge in [0, 0.05) is 18.0 Å². The Hall–Kier alpha value is -3.24. The summed E-state index contributed by atoms with van der Waals surface area (Å²) in [4.78, 5) is 53.2. The zero-order valence-corrected chi connectivity index (χ0v) is 22.2. The van der Waals surface area contributed by atoms with E-state index in [1.165, 1.54) is 11.0 Å². The van der Waals surface area contributed by atoms with E-state index in [1.807, 2.05) is 27.7 Å².